The van der Waals surface area contributed by atoms with Crippen molar-refractivity contribution in [2.75, 3.05) is 37.0 Å². The number of carbonyl (C=O) groups is 1. The Balaban J connectivity index is 1.44. The van der Waals surface area contributed by atoms with E-state index in [1.165, 1.54) is 29.5 Å². The van der Waals surface area contributed by atoms with Gasteiger partial charge in [-0.05, 0) is 48.6 Å². The van der Waals surface area contributed by atoms with Crippen molar-refractivity contribution in [2.24, 2.45) is 5.92 Å². The van der Waals surface area contributed by atoms with E-state index < -0.39 is 0 Å². The average molecular weight is 498 g/mol. The fourth-order valence-electron chi connectivity index (χ4n) is 4.08. The second-order valence-electron chi connectivity index (χ2n) is 9.11. The first kappa shape index (κ1) is 25.2. The molecular formula is C26H32FN5O2S. The molecule has 9 heteroatoms. The summed E-state index contributed by atoms with van der Waals surface area (Å²) < 4.78 is 21.3. The van der Waals surface area contributed by atoms with E-state index in [2.05, 4.69) is 58.5 Å². The molecule has 1 aromatic heterocycles. The molecule has 0 saturated carbocycles. The van der Waals surface area contributed by atoms with Gasteiger partial charge in [-0.2, -0.15) is 0 Å². The molecule has 0 spiro atoms. The van der Waals surface area contributed by atoms with Crippen molar-refractivity contribution in [1.29, 1.82) is 0 Å². The van der Waals surface area contributed by atoms with Gasteiger partial charge in [0.25, 0.3) is 0 Å². The van der Waals surface area contributed by atoms with E-state index in [9.17, 15) is 9.18 Å². The Labute approximate surface area is 210 Å². The highest BCUT2D eigenvalue weighted by Crippen LogP contribution is 2.27. The summed E-state index contributed by atoms with van der Waals surface area (Å²) in [6.07, 6.45) is 1.04. The van der Waals surface area contributed by atoms with Crippen LogP contribution in [0.15, 0.2) is 53.7 Å². The summed E-state index contributed by atoms with van der Waals surface area (Å²) in [7, 11) is 0. The molecule has 0 aliphatic carbocycles. The molecule has 1 amide bonds. The molecule has 1 aliphatic heterocycles. The standard InChI is InChI=1S/C26H32FN5O2S/c1-18(2)15-20-7-9-21(10-8-20)19(3)28-24(33)17-35-26-30-29-25(31-11-13-34-14-12-31)32(26)23-6-4-5-22(27)16-23/h4-10,16,18-19H,11-15,17H2,1-3H3,(H,28,33). The van der Waals surface area contributed by atoms with Crippen LogP contribution in [-0.4, -0.2) is 52.7 Å². The molecule has 35 heavy (non-hydrogen) atoms. The number of amides is 1. The van der Waals surface area contributed by atoms with Crippen LogP contribution in [0.3, 0.4) is 0 Å². The predicted octanol–water partition coefficient (Wildman–Crippen LogP) is 4.41. The number of anilines is 1. The van der Waals surface area contributed by atoms with Crippen molar-refractivity contribution in [2.45, 2.75) is 38.4 Å². The number of carbonyl (C=O) groups excluding carboxylic acids is 1. The van der Waals surface area contributed by atoms with E-state index in [0.29, 0.717) is 49.0 Å². The lowest BCUT2D eigenvalue weighted by atomic mass is 10.00. The zero-order chi connectivity index (χ0) is 24.8. The third-order valence-electron chi connectivity index (χ3n) is 5.81. The molecule has 4 rings (SSSR count). The zero-order valence-corrected chi connectivity index (χ0v) is 21.2. The van der Waals surface area contributed by atoms with Gasteiger partial charge in [-0.25, -0.2) is 4.39 Å². The van der Waals surface area contributed by atoms with Crippen molar-refractivity contribution in [1.82, 2.24) is 20.1 Å². The Hall–Kier alpha value is -2.91. The van der Waals surface area contributed by atoms with Gasteiger partial charge in [0.1, 0.15) is 5.82 Å². The van der Waals surface area contributed by atoms with E-state index in [1.807, 2.05) is 17.6 Å². The van der Waals surface area contributed by atoms with Gasteiger partial charge >= 0.3 is 0 Å². The first-order valence-electron chi connectivity index (χ1n) is 12.0. The fraction of sp³-hybridized carbons (Fsp3) is 0.423. The van der Waals surface area contributed by atoms with E-state index in [4.69, 9.17) is 4.74 Å². The van der Waals surface area contributed by atoms with E-state index >= 15 is 0 Å². The Kier molecular flexibility index (Phi) is 8.41. The number of nitrogens with one attached hydrogen (secondary N) is 1. The molecule has 1 saturated heterocycles. The first-order valence-corrected chi connectivity index (χ1v) is 12.9. The third kappa shape index (κ3) is 6.61. The van der Waals surface area contributed by atoms with E-state index in [-0.39, 0.29) is 23.5 Å². The third-order valence-corrected chi connectivity index (χ3v) is 6.74. The molecule has 0 bridgehead atoms. The van der Waals surface area contributed by atoms with Gasteiger partial charge in [0.05, 0.1) is 30.7 Å². The Bertz CT molecular complexity index is 1130. The number of ether oxygens (including phenoxy) is 1. The molecule has 1 aliphatic rings. The van der Waals surface area contributed by atoms with Crippen LogP contribution in [0.5, 0.6) is 0 Å². The smallest absolute Gasteiger partial charge is 0.232 e. The fourth-order valence-corrected chi connectivity index (χ4v) is 4.83. The summed E-state index contributed by atoms with van der Waals surface area (Å²) in [4.78, 5) is 14.8. The normalized spacial score (nSPS) is 14.8. The first-order chi connectivity index (χ1) is 16.9. The van der Waals surface area contributed by atoms with Crippen LogP contribution >= 0.6 is 11.8 Å². The maximum absolute atomic E-state index is 14.0. The number of hydrogen-bond donors (Lipinski definition) is 1. The topological polar surface area (TPSA) is 72.3 Å². The summed E-state index contributed by atoms with van der Waals surface area (Å²) in [5, 5.41) is 12.3. The van der Waals surface area contributed by atoms with Crippen LogP contribution in [0, 0.1) is 11.7 Å². The molecule has 1 fully saturated rings. The lowest BCUT2D eigenvalue weighted by Crippen LogP contribution is -2.37. The van der Waals surface area contributed by atoms with Gasteiger partial charge in [0.2, 0.25) is 11.9 Å². The number of hydrogen-bond acceptors (Lipinski definition) is 6. The number of halogens is 1. The molecular weight excluding hydrogens is 465 g/mol. The number of aromatic nitrogens is 3. The minimum atomic E-state index is -0.342. The van der Waals surface area contributed by atoms with Crippen LogP contribution in [0.25, 0.3) is 5.69 Å². The van der Waals surface area contributed by atoms with E-state index in [0.717, 1.165) is 12.0 Å². The van der Waals surface area contributed by atoms with Gasteiger partial charge < -0.3 is 15.0 Å². The highest BCUT2D eigenvalue weighted by atomic mass is 32.2. The number of rotatable bonds is 9. The summed E-state index contributed by atoms with van der Waals surface area (Å²) in [6, 6.07) is 14.6. The van der Waals surface area contributed by atoms with Crippen molar-refractivity contribution in [3.8, 4) is 5.69 Å². The molecule has 1 unspecified atom stereocenters. The second kappa shape index (κ2) is 11.7. The van der Waals surface area contributed by atoms with Crippen molar-refractivity contribution >= 4 is 23.6 Å². The quantitative estimate of drug-likeness (QED) is 0.442. The molecule has 3 aromatic rings. The van der Waals surface area contributed by atoms with Crippen molar-refractivity contribution < 1.29 is 13.9 Å². The summed E-state index contributed by atoms with van der Waals surface area (Å²) in [5.41, 5.74) is 2.98. The van der Waals surface area contributed by atoms with Gasteiger partial charge in [0.15, 0.2) is 5.16 Å². The molecule has 2 heterocycles. The zero-order valence-electron chi connectivity index (χ0n) is 20.4. The monoisotopic (exact) mass is 497 g/mol. The van der Waals surface area contributed by atoms with E-state index in [1.54, 1.807) is 6.07 Å². The minimum Gasteiger partial charge on any atom is -0.378 e. The lowest BCUT2D eigenvalue weighted by Gasteiger charge is -2.27. The number of morpholine rings is 1. The maximum atomic E-state index is 14.0. The molecule has 2 aromatic carbocycles. The van der Waals surface area contributed by atoms with Gasteiger partial charge in [0, 0.05) is 13.1 Å². The summed E-state index contributed by atoms with van der Waals surface area (Å²) >= 11 is 1.28. The molecule has 1 N–H and O–H groups in total. The second-order valence-corrected chi connectivity index (χ2v) is 10.1. The lowest BCUT2D eigenvalue weighted by molar-refractivity contribution is -0.119. The average Bonchev–Trinajstić information content (AvgIpc) is 3.27. The van der Waals surface area contributed by atoms with Gasteiger partial charge in [-0.3, -0.25) is 9.36 Å². The minimum absolute atomic E-state index is 0.101. The molecule has 0 radical (unpaired) electrons. The molecule has 186 valence electrons. The summed E-state index contributed by atoms with van der Waals surface area (Å²) in [6.45, 7) is 8.92. The molecule has 1 atom stereocenters. The van der Waals surface area contributed by atoms with Crippen molar-refractivity contribution in [3.05, 3.63) is 65.5 Å². The van der Waals surface area contributed by atoms with Crippen LogP contribution in [0.4, 0.5) is 10.3 Å². The Morgan fingerprint density at radius 3 is 2.54 bits per heavy atom. The van der Waals surface area contributed by atoms with Crippen LogP contribution < -0.4 is 10.2 Å². The SMILES string of the molecule is CC(C)Cc1ccc(C(C)NC(=O)CSc2nnc(N3CCOCC3)n2-c2cccc(F)c2)cc1. The largest absolute Gasteiger partial charge is 0.378 e. The Morgan fingerprint density at radius 1 is 1.11 bits per heavy atom. The number of benzene rings is 2. The van der Waals surface area contributed by atoms with Crippen LogP contribution in [0.1, 0.15) is 37.9 Å². The van der Waals surface area contributed by atoms with Crippen LogP contribution in [-0.2, 0) is 16.0 Å². The highest BCUT2D eigenvalue weighted by Gasteiger charge is 2.23. The number of thioether (sulfide) groups is 1. The summed E-state index contributed by atoms with van der Waals surface area (Å²) in [5.74, 6) is 0.957. The van der Waals surface area contributed by atoms with Crippen molar-refractivity contribution in [3.63, 3.8) is 0 Å². The van der Waals surface area contributed by atoms with Gasteiger partial charge in [-0.1, -0.05) is 55.9 Å². The molecule has 7 nitrogen and oxygen atoms in total. The Morgan fingerprint density at radius 2 is 1.86 bits per heavy atom. The predicted molar refractivity (Wildman–Crippen MR) is 137 cm³/mol. The number of nitrogens with zero attached hydrogens (tertiary/aromatic N) is 4. The van der Waals surface area contributed by atoms with Crippen LogP contribution in [0.2, 0.25) is 0 Å². The maximum Gasteiger partial charge on any atom is 0.232 e. The van der Waals surface area contributed by atoms with Gasteiger partial charge in [-0.15, -0.1) is 10.2 Å². The highest BCUT2D eigenvalue weighted by molar-refractivity contribution is 7.99.